The molecule has 0 unspecified atom stereocenters. The lowest BCUT2D eigenvalue weighted by atomic mass is 10.1. The quantitative estimate of drug-likeness (QED) is 0.425. The highest BCUT2D eigenvalue weighted by molar-refractivity contribution is 7.98. The van der Waals surface area contributed by atoms with Crippen LogP contribution in [0.15, 0.2) is 58.5 Å². The van der Waals surface area contributed by atoms with E-state index in [1.807, 2.05) is 52.9 Å². The predicted molar refractivity (Wildman–Crippen MR) is 117 cm³/mol. The smallest absolute Gasteiger partial charge is 0.262 e. The summed E-state index contributed by atoms with van der Waals surface area (Å²) >= 11 is 1.61. The van der Waals surface area contributed by atoms with Crippen LogP contribution < -0.4 is 10.3 Å². The predicted octanol–water partition coefficient (Wildman–Crippen LogP) is 4.39. The number of para-hydroxylation sites is 1. The van der Waals surface area contributed by atoms with Crippen molar-refractivity contribution < 1.29 is 4.74 Å². The molecule has 7 heteroatoms. The molecular weight excluding hydrogens is 384 g/mol. The Bertz CT molecular complexity index is 1200. The zero-order chi connectivity index (χ0) is 20.4. The van der Waals surface area contributed by atoms with Crippen LogP contribution in [0.25, 0.3) is 16.7 Å². The lowest BCUT2D eigenvalue weighted by Gasteiger charge is -2.12. The van der Waals surface area contributed by atoms with Crippen molar-refractivity contribution in [3.8, 4) is 5.75 Å². The largest absolute Gasteiger partial charge is 0.497 e. The van der Waals surface area contributed by atoms with E-state index < -0.39 is 0 Å². The first-order valence-electron chi connectivity index (χ1n) is 9.71. The Balaban J connectivity index is 1.76. The van der Waals surface area contributed by atoms with E-state index in [0.717, 1.165) is 28.6 Å². The summed E-state index contributed by atoms with van der Waals surface area (Å²) in [7, 11) is 1.66. The van der Waals surface area contributed by atoms with E-state index in [9.17, 15) is 4.79 Å². The van der Waals surface area contributed by atoms with Gasteiger partial charge in [-0.2, -0.15) is 0 Å². The number of hydrogen-bond donors (Lipinski definition) is 0. The van der Waals surface area contributed by atoms with E-state index in [1.165, 1.54) is 5.56 Å². The van der Waals surface area contributed by atoms with Gasteiger partial charge in [0.2, 0.25) is 5.78 Å². The van der Waals surface area contributed by atoms with Crippen LogP contribution >= 0.6 is 11.8 Å². The van der Waals surface area contributed by atoms with Gasteiger partial charge in [-0.3, -0.25) is 13.8 Å². The molecule has 2 aromatic carbocycles. The van der Waals surface area contributed by atoms with E-state index in [2.05, 4.69) is 24.0 Å². The van der Waals surface area contributed by atoms with E-state index in [-0.39, 0.29) is 5.56 Å². The standard InChI is InChI=1S/C22H24N4O2S/c1-15(2)12-13-25-20(27)18-6-4-5-7-19(18)26-21(25)23-24-22(26)29-14-16-8-10-17(28-3)11-9-16/h4-11,15H,12-14H2,1-3H3. The number of aromatic nitrogens is 4. The number of rotatable bonds is 7. The molecule has 0 spiro atoms. The molecule has 4 aromatic rings. The van der Waals surface area contributed by atoms with Crippen molar-refractivity contribution in [3.05, 3.63) is 64.4 Å². The Kier molecular flexibility index (Phi) is 5.58. The number of aryl methyl sites for hydroxylation is 1. The van der Waals surface area contributed by atoms with Gasteiger partial charge in [-0.25, -0.2) is 0 Å². The van der Waals surface area contributed by atoms with Crippen LogP contribution in [0.2, 0.25) is 0 Å². The molecule has 0 aliphatic carbocycles. The first kappa shape index (κ1) is 19.5. The van der Waals surface area contributed by atoms with Gasteiger partial charge >= 0.3 is 0 Å². The van der Waals surface area contributed by atoms with Crippen molar-refractivity contribution in [2.45, 2.75) is 37.7 Å². The summed E-state index contributed by atoms with van der Waals surface area (Å²) in [5, 5.41) is 10.3. The molecule has 0 saturated heterocycles. The SMILES string of the molecule is COc1ccc(CSc2nnc3n(CCC(C)C)c(=O)c4ccccc4n23)cc1. The normalized spacial score (nSPS) is 11.6. The van der Waals surface area contributed by atoms with Crippen LogP contribution in [0.5, 0.6) is 5.75 Å². The first-order valence-corrected chi connectivity index (χ1v) is 10.7. The molecule has 0 atom stereocenters. The maximum absolute atomic E-state index is 13.1. The zero-order valence-corrected chi connectivity index (χ0v) is 17.6. The van der Waals surface area contributed by atoms with Gasteiger partial charge in [-0.05, 0) is 42.2 Å². The van der Waals surface area contributed by atoms with Gasteiger partial charge in [0.25, 0.3) is 5.56 Å². The van der Waals surface area contributed by atoms with Crippen LogP contribution in [0.4, 0.5) is 0 Å². The number of nitrogens with zero attached hydrogens (tertiary/aromatic N) is 4. The number of methoxy groups -OCH3 is 1. The molecule has 0 fully saturated rings. The molecule has 29 heavy (non-hydrogen) atoms. The highest BCUT2D eigenvalue weighted by atomic mass is 32.2. The van der Waals surface area contributed by atoms with Crippen molar-refractivity contribution in [2.24, 2.45) is 5.92 Å². The van der Waals surface area contributed by atoms with Crippen LogP contribution in [0.1, 0.15) is 25.8 Å². The topological polar surface area (TPSA) is 61.4 Å². The molecule has 0 radical (unpaired) electrons. The summed E-state index contributed by atoms with van der Waals surface area (Å²) in [5.74, 6) is 2.70. The van der Waals surface area contributed by atoms with Crippen molar-refractivity contribution >= 4 is 28.4 Å². The second-order valence-electron chi connectivity index (χ2n) is 7.41. The molecule has 150 valence electrons. The summed E-state index contributed by atoms with van der Waals surface area (Å²) in [6, 6.07) is 15.7. The van der Waals surface area contributed by atoms with Crippen molar-refractivity contribution in [2.75, 3.05) is 7.11 Å². The maximum atomic E-state index is 13.1. The first-order chi connectivity index (χ1) is 14.1. The Labute approximate surface area is 173 Å². The molecule has 0 aliphatic heterocycles. The fraction of sp³-hybridized carbons (Fsp3) is 0.318. The van der Waals surface area contributed by atoms with Gasteiger partial charge in [-0.15, -0.1) is 10.2 Å². The van der Waals surface area contributed by atoms with E-state index >= 15 is 0 Å². The van der Waals surface area contributed by atoms with Gasteiger partial charge in [-0.1, -0.05) is 49.9 Å². The highest BCUT2D eigenvalue weighted by Gasteiger charge is 2.17. The Morgan fingerprint density at radius 1 is 1.07 bits per heavy atom. The van der Waals surface area contributed by atoms with Gasteiger partial charge in [0.1, 0.15) is 5.75 Å². The van der Waals surface area contributed by atoms with Crippen molar-refractivity contribution in [3.63, 3.8) is 0 Å². The Hall–Kier alpha value is -2.80. The molecule has 0 bridgehead atoms. The number of fused-ring (bicyclic) bond motifs is 3. The van der Waals surface area contributed by atoms with E-state index in [0.29, 0.717) is 23.6 Å². The molecule has 2 heterocycles. The van der Waals surface area contributed by atoms with Gasteiger partial charge < -0.3 is 4.74 Å². The summed E-state index contributed by atoms with van der Waals surface area (Å²) in [5.41, 5.74) is 2.01. The Morgan fingerprint density at radius 3 is 2.55 bits per heavy atom. The van der Waals surface area contributed by atoms with E-state index in [4.69, 9.17) is 4.74 Å². The molecular formula is C22H24N4O2S. The third kappa shape index (κ3) is 3.87. The van der Waals surface area contributed by atoms with Crippen LogP contribution in [0.3, 0.4) is 0 Å². The summed E-state index contributed by atoms with van der Waals surface area (Å²) in [6.45, 7) is 4.94. The molecule has 0 amide bonds. The summed E-state index contributed by atoms with van der Waals surface area (Å²) in [4.78, 5) is 13.1. The van der Waals surface area contributed by atoms with Crippen LogP contribution in [-0.4, -0.2) is 26.3 Å². The summed E-state index contributed by atoms with van der Waals surface area (Å²) < 4.78 is 8.99. The number of hydrogen-bond acceptors (Lipinski definition) is 5. The molecule has 0 N–H and O–H groups in total. The second kappa shape index (κ2) is 8.29. The molecule has 0 saturated carbocycles. The fourth-order valence-corrected chi connectivity index (χ4v) is 4.18. The summed E-state index contributed by atoms with van der Waals surface area (Å²) in [6.07, 6.45) is 0.912. The minimum Gasteiger partial charge on any atom is -0.497 e. The average molecular weight is 409 g/mol. The van der Waals surface area contributed by atoms with Gasteiger partial charge in [0.05, 0.1) is 18.0 Å². The Morgan fingerprint density at radius 2 is 1.83 bits per heavy atom. The number of ether oxygens (including phenoxy) is 1. The molecule has 2 aromatic heterocycles. The third-order valence-electron chi connectivity index (χ3n) is 4.94. The minimum absolute atomic E-state index is 0.00662. The van der Waals surface area contributed by atoms with E-state index in [1.54, 1.807) is 23.4 Å². The lowest BCUT2D eigenvalue weighted by molar-refractivity contribution is 0.414. The average Bonchev–Trinajstić information content (AvgIpc) is 3.16. The fourth-order valence-electron chi connectivity index (χ4n) is 3.29. The maximum Gasteiger partial charge on any atom is 0.262 e. The van der Waals surface area contributed by atoms with Crippen molar-refractivity contribution in [1.82, 2.24) is 19.2 Å². The van der Waals surface area contributed by atoms with Crippen molar-refractivity contribution in [1.29, 1.82) is 0 Å². The highest BCUT2D eigenvalue weighted by Crippen LogP contribution is 2.25. The van der Waals surface area contributed by atoms with Crippen LogP contribution in [-0.2, 0) is 12.3 Å². The zero-order valence-electron chi connectivity index (χ0n) is 16.8. The lowest BCUT2D eigenvalue weighted by Crippen LogP contribution is -2.24. The molecule has 0 aliphatic rings. The molecule has 4 rings (SSSR count). The third-order valence-corrected chi connectivity index (χ3v) is 5.94. The van der Waals surface area contributed by atoms with Gasteiger partial charge in [0.15, 0.2) is 5.16 Å². The second-order valence-corrected chi connectivity index (χ2v) is 8.35. The molecule has 6 nitrogen and oxygen atoms in total. The van der Waals surface area contributed by atoms with Crippen LogP contribution in [0, 0.1) is 5.92 Å². The monoisotopic (exact) mass is 408 g/mol. The van der Waals surface area contributed by atoms with Gasteiger partial charge in [0, 0.05) is 12.3 Å². The minimum atomic E-state index is -0.00662. The number of benzene rings is 2. The number of thioether (sulfide) groups is 1.